The minimum atomic E-state index is 0.272. The number of imidazole rings is 1. The summed E-state index contributed by atoms with van der Waals surface area (Å²) in [7, 11) is 0. The standard InChI is InChI=1S/C16H11BrN2O2S/c17-11-2-1-3-12(7-11)19-8-13(18-16(19)22)10-4-5-14-15(6-10)21-9-20-14/h1-8H,9H2,(H,18,22). The van der Waals surface area contributed by atoms with Gasteiger partial charge in [0, 0.05) is 21.9 Å². The first kappa shape index (κ1) is 13.6. The zero-order valence-corrected chi connectivity index (χ0v) is 13.8. The smallest absolute Gasteiger partial charge is 0.231 e. The van der Waals surface area contributed by atoms with E-state index in [2.05, 4.69) is 20.9 Å². The van der Waals surface area contributed by atoms with Gasteiger partial charge in [0.2, 0.25) is 6.79 Å². The van der Waals surface area contributed by atoms with Gasteiger partial charge in [0.1, 0.15) is 0 Å². The normalized spacial score (nSPS) is 12.6. The summed E-state index contributed by atoms with van der Waals surface area (Å²) in [5.74, 6) is 1.53. The number of benzene rings is 2. The van der Waals surface area contributed by atoms with Crippen molar-refractivity contribution >= 4 is 28.1 Å². The predicted octanol–water partition coefficient (Wildman–Crippen LogP) is 4.69. The van der Waals surface area contributed by atoms with E-state index in [4.69, 9.17) is 21.7 Å². The van der Waals surface area contributed by atoms with Crippen molar-refractivity contribution in [3.8, 4) is 28.4 Å². The van der Waals surface area contributed by atoms with E-state index in [0.717, 1.165) is 32.9 Å². The molecule has 2 heterocycles. The molecule has 6 heteroatoms. The van der Waals surface area contributed by atoms with Crippen LogP contribution in [0.4, 0.5) is 0 Å². The van der Waals surface area contributed by atoms with Crippen LogP contribution in [0.2, 0.25) is 0 Å². The van der Waals surface area contributed by atoms with Crippen LogP contribution < -0.4 is 9.47 Å². The van der Waals surface area contributed by atoms with Gasteiger partial charge < -0.3 is 14.5 Å². The molecular formula is C16H11BrN2O2S. The third-order valence-corrected chi connectivity index (χ3v) is 4.28. The predicted molar refractivity (Wildman–Crippen MR) is 90.2 cm³/mol. The van der Waals surface area contributed by atoms with Gasteiger partial charge in [0.15, 0.2) is 16.3 Å². The Balaban J connectivity index is 1.79. The second-order valence-electron chi connectivity index (χ2n) is 4.89. The Morgan fingerprint density at radius 1 is 1.09 bits per heavy atom. The van der Waals surface area contributed by atoms with Gasteiger partial charge in [-0.3, -0.25) is 4.57 Å². The molecule has 0 bridgehead atoms. The summed E-state index contributed by atoms with van der Waals surface area (Å²) in [6.07, 6.45) is 1.99. The molecule has 0 atom stereocenters. The summed E-state index contributed by atoms with van der Waals surface area (Å²) in [5.41, 5.74) is 2.94. The Labute approximate surface area is 140 Å². The quantitative estimate of drug-likeness (QED) is 0.661. The van der Waals surface area contributed by atoms with Crippen LogP contribution >= 0.6 is 28.1 Å². The van der Waals surface area contributed by atoms with E-state index in [1.165, 1.54) is 0 Å². The molecule has 4 nitrogen and oxygen atoms in total. The molecular weight excluding hydrogens is 364 g/mol. The zero-order valence-electron chi connectivity index (χ0n) is 11.4. The zero-order chi connectivity index (χ0) is 15.1. The molecule has 22 heavy (non-hydrogen) atoms. The first-order valence-electron chi connectivity index (χ1n) is 6.68. The van der Waals surface area contributed by atoms with Crippen LogP contribution in [0, 0.1) is 4.77 Å². The fourth-order valence-electron chi connectivity index (χ4n) is 2.42. The molecule has 0 unspecified atom stereocenters. The number of nitrogens with zero attached hydrogens (tertiary/aromatic N) is 1. The van der Waals surface area contributed by atoms with E-state index >= 15 is 0 Å². The molecule has 2 aromatic carbocycles. The molecule has 0 radical (unpaired) electrons. The van der Waals surface area contributed by atoms with Crippen molar-refractivity contribution in [3.63, 3.8) is 0 Å². The van der Waals surface area contributed by atoms with Crippen molar-refractivity contribution in [1.82, 2.24) is 9.55 Å². The van der Waals surface area contributed by atoms with Crippen LogP contribution in [0.3, 0.4) is 0 Å². The van der Waals surface area contributed by atoms with Gasteiger partial charge in [-0.25, -0.2) is 0 Å². The Bertz CT molecular complexity index is 917. The van der Waals surface area contributed by atoms with E-state index in [0.29, 0.717) is 4.77 Å². The van der Waals surface area contributed by atoms with Gasteiger partial charge in [-0.15, -0.1) is 0 Å². The van der Waals surface area contributed by atoms with Crippen molar-refractivity contribution in [2.45, 2.75) is 0 Å². The van der Waals surface area contributed by atoms with Gasteiger partial charge in [-0.2, -0.15) is 0 Å². The molecule has 1 aliphatic heterocycles. The maximum absolute atomic E-state index is 5.43. The molecule has 0 saturated carbocycles. The Hall–Kier alpha value is -2.05. The van der Waals surface area contributed by atoms with Crippen molar-refractivity contribution in [1.29, 1.82) is 0 Å². The van der Waals surface area contributed by atoms with Crippen LogP contribution in [-0.4, -0.2) is 16.3 Å². The third kappa shape index (κ3) is 2.34. The lowest BCUT2D eigenvalue weighted by Gasteiger charge is -2.02. The third-order valence-electron chi connectivity index (χ3n) is 3.49. The Kier molecular flexibility index (Phi) is 3.28. The van der Waals surface area contributed by atoms with Crippen molar-refractivity contribution in [3.05, 3.63) is 57.9 Å². The summed E-state index contributed by atoms with van der Waals surface area (Å²) in [6, 6.07) is 13.8. The molecule has 0 fully saturated rings. The number of halogens is 1. The van der Waals surface area contributed by atoms with E-state index < -0.39 is 0 Å². The second kappa shape index (κ2) is 5.30. The first-order chi connectivity index (χ1) is 10.7. The van der Waals surface area contributed by atoms with Gasteiger partial charge >= 0.3 is 0 Å². The number of aromatic nitrogens is 2. The average molecular weight is 375 g/mol. The largest absolute Gasteiger partial charge is 0.454 e. The Morgan fingerprint density at radius 3 is 2.82 bits per heavy atom. The lowest BCUT2D eigenvalue weighted by atomic mass is 10.1. The molecule has 0 spiro atoms. The van der Waals surface area contributed by atoms with Gasteiger partial charge in [0.05, 0.1) is 5.69 Å². The van der Waals surface area contributed by atoms with Crippen LogP contribution in [0.25, 0.3) is 16.9 Å². The van der Waals surface area contributed by atoms with Crippen molar-refractivity contribution in [2.24, 2.45) is 0 Å². The molecule has 1 aliphatic rings. The van der Waals surface area contributed by atoms with Crippen LogP contribution in [-0.2, 0) is 0 Å². The highest BCUT2D eigenvalue weighted by Crippen LogP contribution is 2.35. The minimum absolute atomic E-state index is 0.272. The summed E-state index contributed by atoms with van der Waals surface area (Å²) < 4.78 is 14.4. The molecule has 0 saturated heterocycles. The number of rotatable bonds is 2. The monoisotopic (exact) mass is 374 g/mol. The molecule has 110 valence electrons. The molecule has 3 aromatic rings. The second-order valence-corrected chi connectivity index (χ2v) is 6.19. The lowest BCUT2D eigenvalue weighted by Crippen LogP contribution is -1.92. The number of nitrogens with one attached hydrogen (secondary N) is 1. The van der Waals surface area contributed by atoms with E-state index in [-0.39, 0.29) is 6.79 Å². The molecule has 1 aromatic heterocycles. The van der Waals surface area contributed by atoms with Gasteiger partial charge in [0.25, 0.3) is 0 Å². The first-order valence-corrected chi connectivity index (χ1v) is 7.88. The number of H-pyrrole nitrogens is 1. The van der Waals surface area contributed by atoms with Crippen LogP contribution in [0.15, 0.2) is 53.1 Å². The van der Waals surface area contributed by atoms with E-state index in [1.807, 2.05) is 53.2 Å². The minimum Gasteiger partial charge on any atom is -0.454 e. The number of hydrogen-bond donors (Lipinski definition) is 1. The van der Waals surface area contributed by atoms with Crippen molar-refractivity contribution in [2.75, 3.05) is 6.79 Å². The molecule has 0 aliphatic carbocycles. The highest BCUT2D eigenvalue weighted by molar-refractivity contribution is 9.10. The fourth-order valence-corrected chi connectivity index (χ4v) is 3.08. The topological polar surface area (TPSA) is 39.2 Å². The summed E-state index contributed by atoms with van der Waals surface area (Å²) >= 11 is 8.92. The highest BCUT2D eigenvalue weighted by atomic mass is 79.9. The fraction of sp³-hybridized carbons (Fsp3) is 0.0625. The number of aromatic amines is 1. The maximum Gasteiger partial charge on any atom is 0.231 e. The SMILES string of the molecule is S=c1[nH]c(-c2ccc3c(c2)OCO3)cn1-c1cccc(Br)c1. The van der Waals surface area contributed by atoms with E-state index in [9.17, 15) is 0 Å². The summed E-state index contributed by atoms with van der Waals surface area (Å²) in [4.78, 5) is 3.24. The highest BCUT2D eigenvalue weighted by Gasteiger charge is 2.15. The van der Waals surface area contributed by atoms with E-state index in [1.54, 1.807) is 0 Å². The van der Waals surface area contributed by atoms with Gasteiger partial charge in [-0.1, -0.05) is 22.0 Å². The van der Waals surface area contributed by atoms with Crippen LogP contribution in [0.5, 0.6) is 11.5 Å². The summed E-state index contributed by atoms with van der Waals surface area (Å²) in [5, 5.41) is 0. The van der Waals surface area contributed by atoms with Crippen LogP contribution in [0.1, 0.15) is 0 Å². The lowest BCUT2D eigenvalue weighted by molar-refractivity contribution is 0.174. The van der Waals surface area contributed by atoms with Crippen molar-refractivity contribution < 1.29 is 9.47 Å². The average Bonchev–Trinajstić information content (AvgIpc) is 3.12. The maximum atomic E-state index is 5.43. The Morgan fingerprint density at radius 2 is 1.95 bits per heavy atom. The van der Waals surface area contributed by atoms with Gasteiger partial charge in [-0.05, 0) is 48.6 Å². The molecule has 1 N–H and O–H groups in total. The summed E-state index contributed by atoms with van der Waals surface area (Å²) in [6.45, 7) is 0.272. The number of ether oxygens (including phenoxy) is 2. The molecule has 0 amide bonds. The number of fused-ring (bicyclic) bond motifs is 1. The molecule has 4 rings (SSSR count). The number of hydrogen-bond acceptors (Lipinski definition) is 3.